The van der Waals surface area contributed by atoms with Crippen LogP contribution in [0.4, 0.5) is 5.69 Å². The number of carbonyl (C=O) groups is 1. The number of benzene rings is 1. The highest BCUT2D eigenvalue weighted by molar-refractivity contribution is 5.75. The van der Waals surface area contributed by atoms with Crippen molar-refractivity contribution in [3.63, 3.8) is 0 Å². The van der Waals surface area contributed by atoms with Crippen LogP contribution >= 0.6 is 0 Å². The van der Waals surface area contributed by atoms with Crippen molar-refractivity contribution in [1.82, 2.24) is 5.32 Å². The number of hydrogen-bond acceptors (Lipinski definition) is 4. The van der Waals surface area contributed by atoms with Gasteiger partial charge in [0.2, 0.25) is 5.91 Å². The number of methoxy groups -OCH3 is 1. The van der Waals surface area contributed by atoms with Crippen molar-refractivity contribution in [2.75, 3.05) is 32.6 Å². The molecule has 0 heterocycles. The van der Waals surface area contributed by atoms with E-state index >= 15 is 0 Å². The van der Waals surface area contributed by atoms with Gasteiger partial charge in [-0.3, -0.25) is 4.79 Å². The van der Waals surface area contributed by atoms with E-state index in [0.717, 1.165) is 6.42 Å². The third-order valence-electron chi connectivity index (χ3n) is 2.30. The van der Waals surface area contributed by atoms with Gasteiger partial charge in [0.05, 0.1) is 6.54 Å². The number of amides is 1. The van der Waals surface area contributed by atoms with Gasteiger partial charge in [-0.05, 0) is 18.6 Å². The fourth-order valence-corrected chi connectivity index (χ4v) is 1.43. The summed E-state index contributed by atoms with van der Waals surface area (Å²) in [4.78, 5) is 11.3. The maximum atomic E-state index is 11.3. The molecule has 100 valence electrons. The molecule has 0 saturated carbocycles. The molecule has 1 aromatic rings. The van der Waals surface area contributed by atoms with E-state index in [1.54, 1.807) is 19.2 Å². The third-order valence-corrected chi connectivity index (χ3v) is 2.30. The van der Waals surface area contributed by atoms with Crippen LogP contribution in [0.2, 0.25) is 0 Å². The van der Waals surface area contributed by atoms with Crippen LogP contribution in [0.3, 0.4) is 0 Å². The molecule has 0 aliphatic rings. The van der Waals surface area contributed by atoms with Gasteiger partial charge >= 0.3 is 0 Å². The first-order chi connectivity index (χ1) is 8.72. The lowest BCUT2D eigenvalue weighted by atomic mass is 10.3. The first-order valence-corrected chi connectivity index (χ1v) is 5.96. The van der Waals surface area contributed by atoms with E-state index in [0.29, 0.717) is 37.6 Å². The molecule has 0 fully saturated rings. The van der Waals surface area contributed by atoms with Crippen LogP contribution in [0.5, 0.6) is 5.75 Å². The van der Waals surface area contributed by atoms with Gasteiger partial charge in [-0.1, -0.05) is 6.07 Å². The minimum atomic E-state index is 0.0169. The Labute approximate surface area is 107 Å². The van der Waals surface area contributed by atoms with E-state index in [9.17, 15) is 4.79 Å². The van der Waals surface area contributed by atoms with Crippen LogP contribution in [0.1, 0.15) is 12.8 Å². The van der Waals surface area contributed by atoms with Gasteiger partial charge in [0.1, 0.15) is 12.4 Å². The van der Waals surface area contributed by atoms with Crippen LogP contribution in [-0.2, 0) is 9.53 Å². The lowest BCUT2D eigenvalue weighted by Crippen LogP contribution is -2.28. The summed E-state index contributed by atoms with van der Waals surface area (Å²) >= 11 is 0. The Bertz CT molecular complexity index is 369. The van der Waals surface area contributed by atoms with Crippen molar-refractivity contribution in [1.29, 1.82) is 0 Å². The molecule has 0 aliphatic carbocycles. The highest BCUT2D eigenvalue weighted by Crippen LogP contribution is 2.13. The number of anilines is 1. The van der Waals surface area contributed by atoms with Gasteiger partial charge in [0, 0.05) is 31.9 Å². The third kappa shape index (κ3) is 6.10. The van der Waals surface area contributed by atoms with Gasteiger partial charge in [-0.25, -0.2) is 0 Å². The average Bonchev–Trinajstić information content (AvgIpc) is 2.35. The van der Waals surface area contributed by atoms with Crippen molar-refractivity contribution in [2.45, 2.75) is 12.8 Å². The van der Waals surface area contributed by atoms with Crippen LogP contribution in [0, 0.1) is 0 Å². The SMILES string of the molecule is COCCCC(=O)NCCOc1cccc(N)c1. The van der Waals surface area contributed by atoms with E-state index in [-0.39, 0.29) is 5.91 Å². The normalized spacial score (nSPS) is 10.1. The van der Waals surface area contributed by atoms with Gasteiger partial charge in [-0.2, -0.15) is 0 Å². The van der Waals surface area contributed by atoms with Crippen molar-refractivity contribution >= 4 is 11.6 Å². The summed E-state index contributed by atoms with van der Waals surface area (Å²) in [7, 11) is 1.62. The molecule has 0 radical (unpaired) electrons. The highest BCUT2D eigenvalue weighted by atomic mass is 16.5. The summed E-state index contributed by atoms with van der Waals surface area (Å²) in [5.41, 5.74) is 6.28. The quantitative estimate of drug-likeness (QED) is 0.538. The molecule has 0 atom stereocenters. The molecule has 3 N–H and O–H groups in total. The highest BCUT2D eigenvalue weighted by Gasteiger charge is 2.00. The van der Waals surface area contributed by atoms with E-state index in [1.165, 1.54) is 0 Å². The lowest BCUT2D eigenvalue weighted by molar-refractivity contribution is -0.121. The molecule has 0 unspecified atom stereocenters. The minimum Gasteiger partial charge on any atom is -0.492 e. The maximum absolute atomic E-state index is 11.3. The van der Waals surface area contributed by atoms with Crippen LogP contribution in [0.15, 0.2) is 24.3 Å². The topological polar surface area (TPSA) is 73.6 Å². The molecule has 18 heavy (non-hydrogen) atoms. The summed E-state index contributed by atoms with van der Waals surface area (Å²) in [5, 5.41) is 2.78. The molecule has 5 nitrogen and oxygen atoms in total. The average molecular weight is 252 g/mol. The Morgan fingerprint density at radius 3 is 2.94 bits per heavy atom. The van der Waals surface area contributed by atoms with E-state index in [1.807, 2.05) is 12.1 Å². The van der Waals surface area contributed by atoms with E-state index in [2.05, 4.69) is 5.32 Å². The fraction of sp³-hybridized carbons (Fsp3) is 0.462. The summed E-state index contributed by atoms with van der Waals surface area (Å²) in [6.07, 6.45) is 1.21. The second-order valence-corrected chi connectivity index (χ2v) is 3.87. The zero-order valence-corrected chi connectivity index (χ0v) is 10.6. The molecular formula is C13H20N2O3. The number of carbonyl (C=O) groups excluding carboxylic acids is 1. The zero-order chi connectivity index (χ0) is 13.2. The molecule has 0 spiro atoms. The summed E-state index contributed by atoms with van der Waals surface area (Å²) in [5.74, 6) is 0.729. The van der Waals surface area contributed by atoms with Gasteiger partial charge in [0.15, 0.2) is 0 Å². The Morgan fingerprint density at radius 1 is 1.39 bits per heavy atom. The van der Waals surface area contributed by atoms with Crippen molar-refractivity contribution in [3.8, 4) is 5.75 Å². The van der Waals surface area contributed by atoms with Crippen molar-refractivity contribution < 1.29 is 14.3 Å². The molecule has 0 saturated heterocycles. The molecule has 5 heteroatoms. The molecule has 0 aromatic heterocycles. The number of nitrogens with two attached hydrogens (primary N) is 1. The Hall–Kier alpha value is -1.75. The molecule has 0 aliphatic heterocycles. The van der Waals surface area contributed by atoms with Gasteiger partial charge in [0.25, 0.3) is 0 Å². The number of hydrogen-bond donors (Lipinski definition) is 2. The van der Waals surface area contributed by atoms with E-state index < -0.39 is 0 Å². The Balaban J connectivity index is 2.09. The maximum Gasteiger partial charge on any atom is 0.220 e. The number of nitrogens with one attached hydrogen (secondary N) is 1. The molecule has 1 amide bonds. The minimum absolute atomic E-state index is 0.0169. The first kappa shape index (κ1) is 14.3. The van der Waals surface area contributed by atoms with Crippen molar-refractivity contribution in [3.05, 3.63) is 24.3 Å². The Morgan fingerprint density at radius 2 is 2.22 bits per heavy atom. The predicted molar refractivity (Wildman–Crippen MR) is 70.5 cm³/mol. The summed E-state index contributed by atoms with van der Waals surface area (Å²) in [6, 6.07) is 7.20. The lowest BCUT2D eigenvalue weighted by Gasteiger charge is -2.08. The van der Waals surface area contributed by atoms with E-state index in [4.69, 9.17) is 15.2 Å². The number of rotatable bonds is 8. The second kappa shape index (κ2) is 8.36. The zero-order valence-electron chi connectivity index (χ0n) is 10.6. The van der Waals surface area contributed by atoms with Gasteiger partial charge in [-0.15, -0.1) is 0 Å². The van der Waals surface area contributed by atoms with Crippen LogP contribution < -0.4 is 15.8 Å². The van der Waals surface area contributed by atoms with Gasteiger partial charge < -0.3 is 20.5 Å². The number of nitrogen functional groups attached to an aromatic ring is 1. The summed E-state index contributed by atoms with van der Waals surface area (Å²) < 4.78 is 10.3. The van der Waals surface area contributed by atoms with Crippen LogP contribution in [0.25, 0.3) is 0 Å². The fourth-order valence-electron chi connectivity index (χ4n) is 1.43. The Kier molecular flexibility index (Phi) is 6.64. The number of ether oxygens (including phenoxy) is 2. The predicted octanol–water partition coefficient (Wildman–Crippen LogP) is 1.19. The van der Waals surface area contributed by atoms with Crippen molar-refractivity contribution in [2.24, 2.45) is 0 Å². The smallest absolute Gasteiger partial charge is 0.220 e. The monoisotopic (exact) mass is 252 g/mol. The summed E-state index contributed by atoms with van der Waals surface area (Å²) in [6.45, 7) is 1.52. The molecule has 0 bridgehead atoms. The standard InChI is InChI=1S/C13H20N2O3/c1-17-8-3-6-13(16)15-7-9-18-12-5-2-4-11(14)10-12/h2,4-5,10H,3,6-9,14H2,1H3,(H,15,16). The second-order valence-electron chi connectivity index (χ2n) is 3.87. The molecule has 1 rings (SSSR count). The molecular weight excluding hydrogens is 232 g/mol. The largest absolute Gasteiger partial charge is 0.492 e. The van der Waals surface area contributed by atoms with Crippen LogP contribution in [-0.4, -0.2) is 32.8 Å². The molecule has 1 aromatic carbocycles. The first-order valence-electron chi connectivity index (χ1n) is 5.96.